The summed E-state index contributed by atoms with van der Waals surface area (Å²) in [5.74, 6) is 5.73. The van der Waals surface area contributed by atoms with Crippen LogP contribution in [-0.2, 0) is 20.8 Å². The summed E-state index contributed by atoms with van der Waals surface area (Å²) in [6.45, 7) is 9.20. The number of hydroxylamine groups is 1. The van der Waals surface area contributed by atoms with E-state index in [1.165, 1.54) is 5.56 Å². The van der Waals surface area contributed by atoms with Gasteiger partial charge in [0.1, 0.15) is 0 Å². The van der Waals surface area contributed by atoms with Crippen molar-refractivity contribution in [2.45, 2.75) is 72.3 Å². The van der Waals surface area contributed by atoms with Crippen molar-refractivity contribution in [2.75, 3.05) is 10.6 Å². The molecule has 0 aliphatic heterocycles. The van der Waals surface area contributed by atoms with Gasteiger partial charge in [0.2, 0.25) is 17.7 Å². The number of aryl methyl sites for hydroxylation is 1. The number of hydrogen-bond acceptors (Lipinski definition) is 6. The largest absolute Gasteiger partial charge is 0.326 e. The van der Waals surface area contributed by atoms with Crippen molar-refractivity contribution in [3.63, 3.8) is 0 Å². The van der Waals surface area contributed by atoms with Gasteiger partial charge in [0.15, 0.2) is 0 Å². The predicted octanol–water partition coefficient (Wildman–Crippen LogP) is 4.10. The lowest BCUT2D eigenvalue weighted by molar-refractivity contribution is -0.145. The minimum atomic E-state index is -0.945. The summed E-state index contributed by atoms with van der Waals surface area (Å²) in [5.41, 5.74) is 6.64. The summed E-state index contributed by atoms with van der Waals surface area (Å²) in [6, 6.07) is 15.8. The third-order valence-electron chi connectivity index (χ3n) is 8.22. The van der Waals surface area contributed by atoms with Gasteiger partial charge in [0, 0.05) is 36.2 Å². The Hall–Kier alpha value is -3.27. The second kappa shape index (κ2) is 12.1. The smallest absolute Gasteiger partial charge is 0.249 e. The molecule has 3 amide bonds. The standard InChI is InChI=1S/C29H41N5O4/c1-18-25(26(18)33-30)20-11-15-22(16-12-20)31-23(35)8-6-7-19-9-13-21(14-10-19)32-24(36)17-28(2,3)29(4,5)27(37)34-38/h9-16,18,25-26,33,38H,6-8,17,30H2,1-5H3,(H,31,35)(H,32,36)(H,34,37). The van der Waals surface area contributed by atoms with Crippen LogP contribution in [0, 0.1) is 16.7 Å². The third kappa shape index (κ3) is 6.98. The van der Waals surface area contributed by atoms with E-state index in [1.54, 1.807) is 19.3 Å². The van der Waals surface area contributed by atoms with Gasteiger partial charge in [-0.15, -0.1) is 0 Å². The molecule has 0 radical (unpaired) electrons. The number of anilines is 2. The van der Waals surface area contributed by atoms with E-state index in [9.17, 15) is 14.4 Å². The molecule has 3 unspecified atom stereocenters. The highest BCUT2D eigenvalue weighted by Crippen LogP contribution is 2.47. The van der Waals surface area contributed by atoms with Crippen LogP contribution in [0.5, 0.6) is 0 Å². The number of nitrogens with one attached hydrogen (secondary N) is 4. The van der Waals surface area contributed by atoms with Crippen molar-refractivity contribution in [3.8, 4) is 0 Å². The number of carbonyl (C=O) groups is 3. The molecule has 0 spiro atoms. The van der Waals surface area contributed by atoms with Crippen LogP contribution < -0.4 is 27.4 Å². The van der Waals surface area contributed by atoms with Gasteiger partial charge in [-0.1, -0.05) is 58.9 Å². The SMILES string of the molecule is CC1C(NN)C1c1ccc(NC(=O)CCCc2ccc(NC(=O)CC(C)(C)C(C)(C)C(=O)NO)cc2)cc1. The van der Waals surface area contributed by atoms with Crippen LogP contribution in [0.1, 0.15) is 70.9 Å². The average molecular weight is 524 g/mol. The van der Waals surface area contributed by atoms with Crippen LogP contribution >= 0.6 is 0 Å². The quantitative estimate of drug-likeness (QED) is 0.140. The predicted molar refractivity (Wildman–Crippen MR) is 148 cm³/mol. The molecule has 0 aromatic heterocycles. The average Bonchev–Trinajstić information content (AvgIpc) is 3.53. The van der Waals surface area contributed by atoms with Gasteiger partial charge < -0.3 is 10.6 Å². The lowest BCUT2D eigenvalue weighted by atomic mass is 9.65. The third-order valence-corrected chi connectivity index (χ3v) is 8.22. The zero-order chi connectivity index (χ0) is 28.1. The van der Waals surface area contributed by atoms with Gasteiger partial charge in [-0.05, 0) is 59.6 Å². The minimum absolute atomic E-state index is 0.0247. The first-order valence-corrected chi connectivity index (χ1v) is 13.1. The minimum Gasteiger partial charge on any atom is -0.326 e. The van der Waals surface area contributed by atoms with Crippen LogP contribution in [0.25, 0.3) is 0 Å². The molecule has 206 valence electrons. The van der Waals surface area contributed by atoms with Gasteiger partial charge in [-0.25, -0.2) is 5.48 Å². The molecule has 38 heavy (non-hydrogen) atoms. The molecular formula is C29H41N5O4. The molecule has 9 heteroatoms. The van der Waals surface area contributed by atoms with E-state index in [4.69, 9.17) is 11.0 Å². The molecule has 3 rings (SSSR count). The maximum absolute atomic E-state index is 12.6. The molecule has 9 nitrogen and oxygen atoms in total. The zero-order valence-electron chi connectivity index (χ0n) is 22.9. The van der Waals surface area contributed by atoms with Crippen molar-refractivity contribution in [2.24, 2.45) is 22.6 Å². The number of nitrogens with two attached hydrogens (primary N) is 1. The monoisotopic (exact) mass is 523 g/mol. The maximum Gasteiger partial charge on any atom is 0.249 e. The first kappa shape index (κ1) is 29.3. The van der Waals surface area contributed by atoms with Gasteiger partial charge in [-0.3, -0.25) is 30.9 Å². The molecule has 0 saturated heterocycles. The van der Waals surface area contributed by atoms with Crippen molar-refractivity contribution >= 4 is 29.1 Å². The Morgan fingerprint density at radius 2 is 1.45 bits per heavy atom. The molecule has 1 aliphatic carbocycles. The van der Waals surface area contributed by atoms with Crippen molar-refractivity contribution in [3.05, 3.63) is 59.7 Å². The molecule has 0 heterocycles. The summed E-state index contributed by atoms with van der Waals surface area (Å²) < 4.78 is 0. The zero-order valence-corrected chi connectivity index (χ0v) is 22.9. The highest BCUT2D eigenvalue weighted by atomic mass is 16.5. The van der Waals surface area contributed by atoms with Gasteiger partial charge in [0.25, 0.3) is 0 Å². The molecule has 0 bridgehead atoms. The number of carbonyl (C=O) groups excluding carboxylic acids is 3. The van der Waals surface area contributed by atoms with E-state index < -0.39 is 16.7 Å². The number of hydrogen-bond donors (Lipinski definition) is 6. The number of rotatable bonds is 12. The Labute approximate surface area is 224 Å². The molecule has 3 atom stereocenters. The second-order valence-corrected chi connectivity index (χ2v) is 11.5. The van der Waals surface area contributed by atoms with E-state index in [1.807, 2.05) is 62.4 Å². The van der Waals surface area contributed by atoms with Gasteiger partial charge in [-0.2, -0.15) is 0 Å². The number of hydrazine groups is 1. The molecule has 7 N–H and O–H groups in total. The fourth-order valence-corrected chi connectivity index (χ4v) is 4.72. The van der Waals surface area contributed by atoms with Crippen LogP contribution in [0.3, 0.4) is 0 Å². The maximum atomic E-state index is 12.6. The Balaban J connectivity index is 1.41. The highest BCUT2D eigenvalue weighted by molar-refractivity contribution is 5.92. The van der Waals surface area contributed by atoms with Gasteiger partial charge in [0.05, 0.1) is 5.41 Å². The lowest BCUT2D eigenvalue weighted by Crippen LogP contribution is -2.46. The van der Waals surface area contributed by atoms with Crippen LogP contribution in [0.4, 0.5) is 11.4 Å². The molecule has 2 aromatic rings. The van der Waals surface area contributed by atoms with Crippen LogP contribution in [0.15, 0.2) is 48.5 Å². The fraction of sp³-hybridized carbons (Fsp3) is 0.483. The fourth-order valence-electron chi connectivity index (χ4n) is 4.72. The summed E-state index contributed by atoms with van der Waals surface area (Å²) >= 11 is 0. The second-order valence-electron chi connectivity index (χ2n) is 11.5. The van der Waals surface area contributed by atoms with E-state index in [-0.39, 0.29) is 18.2 Å². The summed E-state index contributed by atoms with van der Waals surface area (Å²) in [4.78, 5) is 37.0. The van der Waals surface area contributed by atoms with Crippen LogP contribution in [-0.4, -0.2) is 29.0 Å². The van der Waals surface area contributed by atoms with E-state index in [0.717, 1.165) is 17.7 Å². The summed E-state index contributed by atoms with van der Waals surface area (Å²) in [6.07, 6.45) is 1.96. The molecule has 1 aliphatic rings. The number of benzene rings is 2. The molecule has 1 saturated carbocycles. The molecule has 2 aromatic carbocycles. The van der Waals surface area contributed by atoms with Gasteiger partial charge >= 0.3 is 0 Å². The Morgan fingerprint density at radius 1 is 0.895 bits per heavy atom. The van der Waals surface area contributed by atoms with E-state index in [0.29, 0.717) is 36.4 Å². The summed E-state index contributed by atoms with van der Waals surface area (Å²) in [5, 5.41) is 14.8. The Bertz CT molecular complexity index is 1130. The van der Waals surface area contributed by atoms with Crippen molar-refractivity contribution in [1.29, 1.82) is 0 Å². The lowest BCUT2D eigenvalue weighted by Gasteiger charge is -2.39. The first-order valence-electron chi connectivity index (χ1n) is 13.1. The highest BCUT2D eigenvalue weighted by Gasteiger charge is 2.47. The Kier molecular flexibility index (Phi) is 9.30. The van der Waals surface area contributed by atoms with Crippen molar-refractivity contribution < 1.29 is 19.6 Å². The topological polar surface area (TPSA) is 146 Å². The first-order chi connectivity index (χ1) is 17.9. The Morgan fingerprint density at radius 3 is 1.97 bits per heavy atom. The molecule has 1 fully saturated rings. The van der Waals surface area contributed by atoms with Crippen LogP contribution in [0.2, 0.25) is 0 Å². The number of amides is 3. The normalized spacial score (nSPS) is 19.0. The summed E-state index contributed by atoms with van der Waals surface area (Å²) in [7, 11) is 0. The molecular weight excluding hydrogens is 482 g/mol. The van der Waals surface area contributed by atoms with E-state index in [2.05, 4.69) is 23.0 Å². The van der Waals surface area contributed by atoms with Crippen molar-refractivity contribution in [1.82, 2.24) is 10.9 Å². The van der Waals surface area contributed by atoms with E-state index >= 15 is 0 Å².